The molecule has 0 bridgehead atoms. The number of nitrogens with zero attached hydrogens (tertiary/aromatic N) is 1. The Bertz CT molecular complexity index is 298. The highest BCUT2D eigenvalue weighted by Crippen LogP contribution is 1.92. The van der Waals surface area contributed by atoms with Crippen molar-refractivity contribution in [1.82, 2.24) is 26.6 Å². The van der Waals surface area contributed by atoms with Crippen molar-refractivity contribution in [3.8, 4) is 0 Å². The summed E-state index contributed by atoms with van der Waals surface area (Å²) in [4.78, 5) is 33.5. The van der Waals surface area contributed by atoms with Gasteiger partial charge in [0.1, 0.15) is 0 Å². The maximum atomic E-state index is 11.2. The van der Waals surface area contributed by atoms with Crippen molar-refractivity contribution >= 4 is 29.6 Å². The van der Waals surface area contributed by atoms with Crippen molar-refractivity contribution in [1.29, 1.82) is 0 Å². The van der Waals surface area contributed by atoms with Gasteiger partial charge in [-0.3, -0.25) is 20.4 Å². The molecule has 0 radical (unpaired) electrons. The first-order chi connectivity index (χ1) is 8.47. The first-order valence-electron chi connectivity index (χ1n) is 5.28. The summed E-state index contributed by atoms with van der Waals surface area (Å²) >= 11 is 1.66. The molecule has 0 aromatic carbocycles. The predicted octanol–water partition coefficient (Wildman–Crippen LogP) is -1.34. The maximum Gasteiger partial charge on any atom is 0.347 e. The zero-order valence-electron chi connectivity index (χ0n) is 10.7. The van der Waals surface area contributed by atoms with E-state index in [-0.39, 0.29) is 0 Å². The van der Waals surface area contributed by atoms with Gasteiger partial charge in [-0.15, -0.1) is 0 Å². The van der Waals surface area contributed by atoms with Crippen LogP contribution in [0.15, 0.2) is 0 Å². The van der Waals surface area contributed by atoms with E-state index in [9.17, 15) is 14.4 Å². The lowest BCUT2D eigenvalue weighted by Gasteiger charge is -2.13. The van der Waals surface area contributed by atoms with Crippen molar-refractivity contribution in [3.05, 3.63) is 0 Å². The van der Waals surface area contributed by atoms with Crippen LogP contribution in [-0.4, -0.2) is 55.5 Å². The summed E-state index contributed by atoms with van der Waals surface area (Å²) in [6, 6.07) is -0.636. The molecular formula is C9H19N5O3S. The largest absolute Gasteiger partial charge is 0.348 e. The first-order valence-corrected chi connectivity index (χ1v) is 6.67. The minimum absolute atomic E-state index is 0.428. The van der Waals surface area contributed by atoms with Crippen LogP contribution in [0.1, 0.15) is 6.42 Å². The zero-order valence-corrected chi connectivity index (χ0v) is 11.5. The van der Waals surface area contributed by atoms with Crippen LogP contribution >= 0.6 is 11.8 Å². The van der Waals surface area contributed by atoms with Gasteiger partial charge in [0.15, 0.2) is 0 Å². The Labute approximate surface area is 110 Å². The fourth-order valence-corrected chi connectivity index (χ4v) is 1.33. The molecule has 0 saturated heterocycles. The quantitative estimate of drug-likeness (QED) is 0.283. The van der Waals surface area contributed by atoms with Crippen LogP contribution in [0.2, 0.25) is 0 Å². The third kappa shape index (κ3) is 8.65. The summed E-state index contributed by atoms with van der Waals surface area (Å²) in [6.45, 7) is 0.428. The van der Waals surface area contributed by atoms with E-state index in [4.69, 9.17) is 0 Å². The lowest BCUT2D eigenvalue weighted by atomic mass is 10.4. The van der Waals surface area contributed by atoms with E-state index < -0.39 is 17.8 Å². The fourth-order valence-electron chi connectivity index (χ4n) is 0.900. The molecule has 18 heavy (non-hydrogen) atoms. The lowest BCUT2D eigenvalue weighted by Crippen LogP contribution is -2.53. The van der Waals surface area contributed by atoms with Crippen LogP contribution < -0.4 is 21.6 Å². The van der Waals surface area contributed by atoms with E-state index >= 15 is 0 Å². The van der Waals surface area contributed by atoms with Crippen LogP contribution in [0, 0.1) is 0 Å². The Morgan fingerprint density at radius 2 is 1.78 bits per heavy atom. The van der Waals surface area contributed by atoms with E-state index in [1.807, 2.05) is 17.1 Å². The van der Waals surface area contributed by atoms with Gasteiger partial charge in [-0.05, 0) is 18.4 Å². The topological polar surface area (TPSA) is 103 Å². The number of amides is 4. The molecule has 0 heterocycles. The van der Waals surface area contributed by atoms with E-state index in [0.717, 1.165) is 12.2 Å². The standard InChI is InChI=1S/C9H19N5O3S/c1-14(2)13-9(17)12-11-8(16)7(15)10-5-4-6-18-3/h4-6H2,1-3H3,(H,10,15)(H,11,16)(H2,12,13,17). The summed E-state index contributed by atoms with van der Waals surface area (Å²) in [5.74, 6) is -0.778. The molecule has 0 aliphatic rings. The molecule has 0 aromatic heterocycles. The van der Waals surface area contributed by atoms with Gasteiger partial charge >= 0.3 is 17.8 Å². The Kier molecular flexibility index (Phi) is 8.76. The Hall–Kier alpha value is -1.48. The highest BCUT2D eigenvalue weighted by Gasteiger charge is 2.13. The number of hydrazine groups is 2. The fraction of sp³-hybridized carbons (Fsp3) is 0.667. The molecule has 8 nitrogen and oxygen atoms in total. The smallest absolute Gasteiger partial charge is 0.347 e. The van der Waals surface area contributed by atoms with Gasteiger partial charge in [-0.1, -0.05) is 0 Å². The third-order valence-electron chi connectivity index (χ3n) is 1.63. The van der Waals surface area contributed by atoms with E-state index in [1.165, 1.54) is 5.01 Å². The molecule has 9 heteroatoms. The zero-order chi connectivity index (χ0) is 14.0. The number of hydrogen-bond acceptors (Lipinski definition) is 5. The maximum absolute atomic E-state index is 11.2. The van der Waals surface area contributed by atoms with Gasteiger partial charge < -0.3 is 5.32 Å². The molecule has 0 aliphatic heterocycles. The normalized spacial score (nSPS) is 9.78. The first kappa shape index (κ1) is 16.5. The molecule has 0 saturated carbocycles. The highest BCUT2D eigenvalue weighted by atomic mass is 32.2. The molecule has 4 N–H and O–H groups in total. The number of hydrogen-bond donors (Lipinski definition) is 4. The van der Waals surface area contributed by atoms with Crippen molar-refractivity contribution < 1.29 is 14.4 Å². The number of thioether (sulfide) groups is 1. The van der Waals surface area contributed by atoms with Gasteiger partial charge in [0.2, 0.25) is 0 Å². The van der Waals surface area contributed by atoms with Gasteiger partial charge in [0.25, 0.3) is 0 Å². The molecule has 0 unspecified atom stereocenters. The van der Waals surface area contributed by atoms with Gasteiger partial charge in [-0.2, -0.15) is 11.8 Å². The summed E-state index contributed by atoms with van der Waals surface area (Å²) in [5, 5.41) is 3.83. The van der Waals surface area contributed by atoms with Crippen LogP contribution in [-0.2, 0) is 9.59 Å². The SMILES string of the molecule is CSCCCNC(=O)C(=O)NNC(=O)NN(C)C. The molecule has 0 spiro atoms. The molecule has 0 aliphatic carbocycles. The van der Waals surface area contributed by atoms with Crippen LogP contribution in [0.25, 0.3) is 0 Å². The molecule has 0 atom stereocenters. The Morgan fingerprint density at radius 1 is 1.11 bits per heavy atom. The van der Waals surface area contributed by atoms with Crippen LogP contribution in [0.3, 0.4) is 0 Å². The van der Waals surface area contributed by atoms with Gasteiger partial charge in [0.05, 0.1) is 0 Å². The highest BCUT2D eigenvalue weighted by molar-refractivity contribution is 7.98. The number of carbonyl (C=O) groups excluding carboxylic acids is 3. The van der Waals surface area contributed by atoms with Crippen molar-refractivity contribution in [2.75, 3.05) is 32.6 Å². The summed E-state index contributed by atoms with van der Waals surface area (Å²) in [5.41, 5.74) is 6.35. The van der Waals surface area contributed by atoms with E-state index in [1.54, 1.807) is 25.9 Å². The lowest BCUT2D eigenvalue weighted by molar-refractivity contribution is -0.139. The average molecular weight is 277 g/mol. The van der Waals surface area contributed by atoms with Crippen molar-refractivity contribution in [3.63, 3.8) is 0 Å². The number of rotatable bonds is 5. The minimum atomic E-state index is -0.909. The number of carbonyl (C=O) groups is 3. The monoisotopic (exact) mass is 277 g/mol. The summed E-state index contributed by atoms with van der Waals surface area (Å²) < 4.78 is 0. The predicted molar refractivity (Wildman–Crippen MR) is 69.5 cm³/mol. The molecule has 0 fully saturated rings. The number of nitrogens with one attached hydrogen (secondary N) is 4. The summed E-state index contributed by atoms with van der Waals surface area (Å²) in [7, 11) is 3.22. The summed E-state index contributed by atoms with van der Waals surface area (Å²) in [6.07, 6.45) is 2.75. The van der Waals surface area contributed by atoms with Crippen molar-refractivity contribution in [2.45, 2.75) is 6.42 Å². The van der Waals surface area contributed by atoms with E-state index in [2.05, 4.69) is 10.7 Å². The molecular weight excluding hydrogens is 258 g/mol. The Balaban J connectivity index is 3.74. The molecule has 4 amide bonds. The van der Waals surface area contributed by atoms with Crippen molar-refractivity contribution in [2.24, 2.45) is 0 Å². The molecule has 104 valence electrons. The molecule has 0 rings (SSSR count). The van der Waals surface area contributed by atoms with Crippen LogP contribution in [0.5, 0.6) is 0 Å². The number of urea groups is 1. The molecule has 0 aromatic rings. The van der Waals surface area contributed by atoms with Crippen LogP contribution in [0.4, 0.5) is 4.79 Å². The Morgan fingerprint density at radius 3 is 2.33 bits per heavy atom. The van der Waals surface area contributed by atoms with Gasteiger partial charge in [0, 0.05) is 20.6 Å². The second-order valence-electron chi connectivity index (χ2n) is 3.52. The second kappa shape index (κ2) is 9.54. The second-order valence-corrected chi connectivity index (χ2v) is 4.50. The average Bonchev–Trinajstić information content (AvgIpc) is 2.30. The van der Waals surface area contributed by atoms with E-state index in [0.29, 0.717) is 6.54 Å². The van der Waals surface area contributed by atoms with Gasteiger partial charge in [-0.25, -0.2) is 15.2 Å². The minimum Gasteiger partial charge on any atom is -0.348 e. The third-order valence-corrected chi connectivity index (χ3v) is 2.33.